The predicted octanol–water partition coefficient (Wildman–Crippen LogP) is 3.90. The highest BCUT2D eigenvalue weighted by atomic mass is 127. The summed E-state index contributed by atoms with van der Waals surface area (Å²) < 4.78 is 16.7. The number of rotatable bonds is 14. The molecule has 0 unspecified atom stereocenters. The molecule has 0 atom stereocenters. The molecule has 1 aliphatic carbocycles. The van der Waals surface area contributed by atoms with Gasteiger partial charge in [0.25, 0.3) is 0 Å². The van der Waals surface area contributed by atoms with Crippen molar-refractivity contribution in [3.63, 3.8) is 0 Å². The van der Waals surface area contributed by atoms with Gasteiger partial charge in [0.15, 0.2) is 5.96 Å². The Morgan fingerprint density at radius 2 is 1.97 bits per heavy atom. The first-order chi connectivity index (χ1) is 13.7. The number of halogens is 1. The summed E-state index contributed by atoms with van der Waals surface area (Å²) in [5.74, 6) is 2.56. The third-order valence-electron chi connectivity index (χ3n) is 4.53. The van der Waals surface area contributed by atoms with Gasteiger partial charge in [-0.05, 0) is 50.7 Å². The molecule has 1 aromatic carbocycles. The zero-order chi connectivity index (χ0) is 20.0. The first-order valence-electron chi connectivity index (χ1n) is 10.5. The lowest BCUT2D eigenvalue weighted by atomic mass is 10.1. The van der Waals surface area contributed by atoms with Crippen LogP contribution in [0.5, 0.6) is 5.75 Å². The van der Waals surface area contributed by atoms with Gasteiger partial charge in [-0.3, -0.25) is 0 Å². The number of guanidine groups is 1. The molecule has 1 aliphatic rings. The van der Waals surface area contributed by atoms with Crippen molar-refractivity contribution < 1.29 is 14.2 Å². The van der Waals surface area contributed by atoms with E-state index < -0.39 is 0 Å². The van der Waals surface area contributed by atoms with Crippen LogP contribution in [-0.2, 0) is 16.0 Å². The minimum Gasteiger partial charge on any atom is -0.493 e. The summed E-state index contributed by atoms with van der Waals surface area (Å²) in [6, 6.07) is 6.28. The molecule has 7 heteroatoms. The summed E-state index contributed by atoms with van der Waals surface area (Å²) in [7, 11) is 1.71. The average Bonchev–Trinajstić information content (AvgIpc) is 3.51. The molecule has 29 heavy (non-hydrogen) atoms. The van der Waals surface area contributed by atoms with Gasteiger partial charge in [-0.1, -0.05) is 12.1 Å². The van der Waals surface area contributed by atoms with E-state index in [0.717, 1.165) is 62.3 Å². The molecule has 1 fully saturated rings. The van der Waals surface area contributed by atoms with Crippen LogP contribution in [0, 0.1) is 12.8 Å². The van der Waals surface area contributed by atoms with E-state index in [1.54, 1.807) is 7.11 Å². The van der Waals surface area contributed by atoms with Crippen LogP contribution in [0.1, 0.15) is 43.7 Å². The standard InChI is InChI=1S/C22H37N3O3.HI/c1-4-23-22(24-11-5-13-27-17-19-8-9-19)25-16-20-10-7-18(2)15-21(20)28-14-6-12-26-3;/h7,10,15,19H,4-6,8-9,11-14,16-17H2,1-3H3,(H2,23,24,25);1H. The van der Waals surface area contributed by atoms with Crippen LogP contribution < -0.4 is 15.4 Å². The van der Waals surface area contributed by atoms with E-state index in [-0.39, 0.29) is 24.0 Å². The van der Waals surface area contributed by atoms with E-state index in [2.05, 4.69) is 42.7 Å². The highest BCUT2D eigenvalue weighted by Crippen LogP contribution is 2.28. The molecule has 0 spiro atoms. The van der Waals surface area contributed by atoms with Crippen LogP contribution >= 0.6 is 24.0 Å². The number of methoxy groups -OCH3 is 1. The molecule has 0 saturated heterocycles. The summed E-state index contributed by atoms with van der Waals surface area (Å²) in [6.45, 7) is 9.50. The van der Waals surface area contributed by atoms with Crippen LogP contribution in [0.25, 0.3) is 0 Å². The number of nitrogens with zero attached hydrogens (tertiary/aromatic N) is 1. The third-order valence-corrected chi connectivity index (χ3v) is 4.53. The average molecular weight is 519 g/mol. The molecule has 0 aliphatic heterocycles. The Morgan fingerprint density at radius 1 is 1.14 bits per heavy atom. The molecule has 0 bridgehead atoms. The molecule has 166 valence electrons. The van der Waals surface area contributed by atoms with Gasteiger partial charge in [0.2, 0.25) is 0 Å². The van der Waals surface area contributed by atoms with Crippen LogP contribution in [-0.4, -0.2) is 52.6 Å². The van der Waals surface area contributed by atoms with E-state index in [4.69, 9.17) is 19.2 Å². The number of aryl methyl sites for hydroxylation is 1. The number of benzene rings is 1. The topological polar surface area (TPSA) is 64.1 Å². The maximum absolute atomic E-state index is 5.96. The molecule has 0 heterocycles. The molecule has 0 radical (unpaired) electrons. The van der Waals surface area contributed by atoms with E-state index in [1.807, 2.05) is 0 Å². The van der Waals surface area contributed by atoms with Gasteiger partial charge in [-0.25, -0.2) is 4.99 Å². The lowest BCUT2D eigenvalue weighted by Crippen LogP contribution is -2.38. The molecular formula is C22H38IN3O3. The van der Waals surface area contributed by atoms with Crippen LogP contribution in [0.2, 0.25) is 0 Å². The molecular weight excluding hydrogens is 481 g/mol. The van der Waals surface area contributed by atoms with Crippen molar-refractivity contribution >= 4 is 29.9 Å². The second-order valence-electron chi connectivity index (χ2n) is 7.30. The Kier molecular flexibility index (Phi) is 14.1. The Balaban J connectivity index is 0.00000420. The number of aliphatic imine (C=N–C) groups is 1. The van der Waals surface area contributed by atoms with Gasteiger partial charge in [-0.2, -0.15) is 0 Å². The Bertz CT molecular complexity index is 595. The maximum atomic E-state index is 5.96. The normalized spacial score (nSPS) is 13.7. The number of hydrogen-bond acceptors (Lipinski definition) is 4. The third kappa shape index (κ3) is 11.6. The zero-order valence-corrected chi connectivity index (χ0v) is 20.5. The number of ether oxygens (including phenoxy) is 3. The minimum absolute atomic E-state index is 0. The summed E-state index contributed by atoms with van der Waals surface area (Å²) in [6.07, 6.45) is 4.54. The van der Waals surface area contributed by atoms with Crippen molar-refractivity contribution in [2.45, 2.75) is 46.1 Å². The van der Waals surface area contributed by atoms with Crippen LogP contribution in [0.15, 0.2) is 23.2 Å². The summed E-state index contributed by atoms with van der Waals surface area (Å²) in [4.78, 5) is 4.72. The Labute approximate surface area is 193 Å². The van der Waals surface area contributed by atoms with Gasteiger partial charge >= 0.3 is 0 Å². The highest BCUT2D eigenvalue weighted by molar-refractivity contribution is 14.0. The quantitative estimate of drug-likeness (QED) is 0.169. The largest absolute Gasteiger partial charge is 0.493 e. The van der Waals surface area contributed by atoms with Crippen molar-refractivity contribution in [3.05, 3.63) is 29.3 Å². The molecule has 0 aromatic heterocycles. The smallest absolute Gasteiger partial charge is 0.191 e. The Hall–Kier alpha value is -1.06. The fourth-order valence-corrected chi connectivity index (χ4v) is 2.73. The van der Waals surface area contributed by atoms with Crippen molar-refractivity contribution in [1.82, 2.24) is 10.6 Å². The second kappa shape index (κ2) is 15.7. The molecule has 1 saturated carbocycles. The van der Waals surface area contributed by atoms with Crippen molar-refractivity contribution in [2.24, 2.45) is 10.9 Å². The fourth-order valence-electron chi connectivity index (χ4n) is 2.73. The van der Waals surface area contributed by atoms with Gasteiger partial charge in [0, 0.05) is 52.0 Å². The fraction of sp³-hybridized carbons (Fsp3) is 0.682. The van der Waals surface area contributed by atoms with Crippen molar-refractivity contribution in [1.29, 1.82) is 0 Å². The van der Waals surface area contributed by atoms with Gasteiger partial charge in [0.05, 0.1) is 13.2 Å². The van der Waals surface area contributed by atoms with E-state index in [9.17, 15) is 0 Å². The highest BCUT2D eigenvalue weighted by Gasteiger charge is 2.20. The van der Waals surface area contributed by atoms with Crippen molar-refractivity contribution in [3.8, 4) is 5.75 Å². The van der Waals surface area contributed by atoms with Gasteiger partial charge in [0.1, 0.15) is 5.75 Å². The van der Waals surface area contributed by atoms with Gasteiger partial charge in [-0.15, -0.1) is 24.0 Å². The lowest BCUT2D eigenvalue weighted by Gasteiger charge is -2.14. The maximum Gasteiger partial charge on any atom is 0.191 e. The number of hydrogen-bond donors (Lipinski definition) is 2. The molecule has 2 N–H and O–H groups in total. The molecule has 0 amide bonds. The van der Waals surface area contributed by atoms with E-state index in [1.165, 1.54) is 18.4 Å². The molecule has 6 nitrogen and oxygen atoms in total. The van der Waals surface area contributed by atoms with E-state index in [0.29, 0.717) is 19.8 Å². The summed E-state index contributed by atoms with van der Waals surface area (Å²) in [5.41, 5.74) is 2.28. The zero-order valence-electron chi connectivity index (χ0n) is 18.2. The van der Waals surface area contributed by atoms with Crippen LogP contribution in [0.4, 0.5) is 0 Å². The minimum atomic E-state index is 0. The Morgan fingerprint density at radius 3 is 2.69 bits per heavy atom. The second-order valence-corrected chi connectivity index (χ2v) is 7.30. The lowest BCUT2D eigenvalue weighted by molar-refractivity contribution is 0.123. The first-order valence-corrected chi connectivity index (χ1v) is 10.5. The predicted molar refractivity (Wildman–Crippen MR) is 130 cm³/mol. The van der Waals surface area contributed by atoms with Crippen molar-refractivity contribution in [2.75, 3.05) is 46.6 Å². The number of nitrogens with one attached hydrogen (secondary N) is 2. The van der Waals surface area contributed by atoms with Gasteiger partial charge < -0.3 is 24.8 Å². The van der Waals surface area contributed by atoms with Crippen LogP contribution in [0.3, 0.4) is 0 Å². The first kappa shape index (κ1) is 26.0. The SMILES string of the molecule is CCNC(=NCc1ccc(C)cc1OCCCOC)NCCCOCC1CC1.I. The van der Waals surface area contributed by atoms with E-state index >= 15 is 0 Å². The molecule has 1 aromatic rings. The monoisotopic (exact) mass is 519 g/mol. The summed E-state index contributed by atoms with van der Waals surface area (Å²) >= 11 is 0. The summed E-state index contributed by atoms with van der Waals surface area (Å²) in [5, 5.41) is 6.69. The molecule has 2 rings (SSSR count).